The molecule has 1 atom stereocenters. The van der Waals surface area contributed by atoms with E-state index >= 15 is 0 Å². The Morgan fingerprint density at radius 2 is 1.83 bits per heavy atom. The molecule has 0 bridgehead atoms. The maximum atomic E-state index is 12.9. The molecular weight excluding hydrogens is 392 g/mol. The second-order valence-electron chi connectivity index (χ2n) is 7.84. The monoisotopic (exact) mass is 422 g/mol. The van der Waals surface area contributed by atoms with Gasteiger partial charge in [0, 0.05) is 37.8 Å². The predicted molar refractivity (Wildman–Crippen MR) is 109 cm³/mol. The fourth-order valence-electron chi connectivity index (χ4n) is 3.99. The van der Waals surface area contributed by atoms with Gasteiger partial charge in [0.2, 0.25) is 16.5 Å². The fraction of sp³-hybridized carbons (Fsp3) is 0.700. The van der Waals surface area contributed by atoms with Gasteiger partial charge in [-0.2, -0.15) is 0 Å². The van der Waals surface area contributed by atoms with Crippen LogP contribution < -0.4 is 15.5 Å². The molecule has 1 aromatic heterocycles. The third-order valence-corrected chi connectivity index (χ3v) is 6.63. The van der Waals surface area contributed by atoms with Crippen molar-refractivity contribution in [2.24, 2.45) is 24.0 Å². The fourth-order valence-corrected chi connectivity index (χ4v) is 4.68. The maximum Gasteiger partial charge on any atom is 0.309 e. The summed E-state index contributed by atoms with van der Waals surface area (Å²) in [5, 5.41) is 8.78. The molecule has 1 aliphatic heterocycles. The first-order valence-electron chi connectivity index (χ1n) is 10.4. The molecule has 1 saturated heterocycles. The maximum absolute atomic E-state index is 12.9. The zero-order valence-electron chi connectivity index (χ0n) is 16.9. The smallest absolute Gasteiger partial charge is 0.309 e. The van der Waals surface area contributed by atoms with E-state index in [0.717, 1.165) is 38.5 Å². The van der Waals surface area contributed by atoms with Gasteiger partial charge in [-0.3, -0.25) is 14.4 Å². The number of hydrogen-bond donors (Lipinski definition) is 2. The van der Waals surface area contributed by atoms with Gasteiger partial charge in [0.05, 0.1) is 0 Å². The molecule has 0 spiro atoms. The lowest BCUT2D eigenvalue weighted by molar-refractivity contribution is -0.142. The topological polar surface area (TPSA) is 102 Å². The van der Waals surface area contributed by atoms with E-state index in [-0.39, 0.29) is 17.7 Å². The lowest BCUT2D eigenvalue weighted by atomic mass is 9.87. The van der Waals surface area contributed by atoms with Crippen molar-refractivity contribution in [3.63, 3.8) is 0 Å². The Balaban J connectivity index is 1.69. The van der Waals surface area contributed by atoms with Crippen LogP contribution in [-0.4, -0.2) is 41.4 Å². The molecule has 2 heterocycles. The Morgan fingerprint density at radius 1 is 1.14 bits per heavy atom. The number of Topliss-reactive ketones (excluding diaryl/α,β-unsaturated/α-hetero) is 1. The van der Waals surface area contributed by atoms with Crippen LogP contribution in [-0.2, 0) is 26.2 Å². The largest absolute Gasteiger partial charge is 0.381 e. The number of nitrogens with one attached hydrogen (secondary N) is 2. The van der Waals surface area contributed by atoms with Crippen molar-refractivity contribution in [3.05, 3.63) is 16.4 Å². The van der Waals surface area contributed by atoms with Crippen LogP contribution in [0.25, 0.3) is 0 Å². The standard InChI is InChI=1S/C20H30N4O4S/c1-24-10-13-29-20(24)23-22-19(27)17(25)16(14-8-11-28-12-9-14)21-18(26)15-6-4-2-3-5-7-15/h10,13-16H,2-9,11-12H2,1H3,(H,21,26)(H,22,27). The van der Waals surface area contributed by atoms with E-state index in [1.807, 2.05) is 11.6 Å². The minimum absolute atomic E-state index is 0.0782. The SMILES string of the molecule is Cn1ccsc1=NNC(=O)C(=O)C(NC(=O)C1CCCCCC1)C1CCOCC1. The van der Waals surface area contributed by atoms with Gasteiger partial charge >= 0.3 is 5.91 Å². The summed E-state index contributed by atoms with van der Waals surface area (Å²) in [7, 11) is 1.81. The molecule has 0 radical (unpaired) electrons. The predicted octanol–water partition coefficient (Wildman–Crippen LogP) is 1.47. The quantitative estimate of drug-likeness (QED) is 0.412. The molecule has 29 heavy (non-hydrogen) atoms. The number of aryl methyl sites for hydroxylation is 1. The Morgan fingerprint density at radius 3 is 2.45 bits per heavy atom. The van der Waals surface area contributed by atoms with Crippen LogP contribution in [0.5, 0.6) is 0 Å². The first-order valence-corrected chi connectivity index (χ1v) is 11.3. The van der Waals surface area contributed by atoms with Gasteiger partial charge in [0.25, 0.3) is 0 Å². The normalized spacial score (nSPS) is 20.7. The Kier molecular flexibility index (Phi) is 8.00. The highest BCUT2D eigenvalue weighted by Gasteiger charge is 2.36. The van der Waals surface area contributed by atoms with Crippen LogP contribution in [0.3, 0.4) is 0 Å². The Bertz CT molecular complexity index is 773. The van der Waals surface area contributed by atoms with E-state index < -0.39 is 17.7 Å². The summed E-state index contributed by atoms with van der Waals surface area (Å²) in [6, 6.07) is -0.832. The van der Waals surface area contributed by atoms with Crippen LogP contribution in [0.2, 0.25) is 0 Å². The number of ether oxygens (including phenoxy) is 1. The number of amides is 2. The highest BCUT2D eigenvalue weighted by atomic mass is 32.1. The minimum Gasteiger partial charge on any atom is -0.381 e. The summed E-state index contributed by atoms with van der Waals surface area (Å²) < 4.78 is 7.14. The van der Waals surface area contributed by atoms with Gasteiger partial charge in [0.15, 0.2) is 0 Å². The second kappa shape index (κ2) is 10.7. The molecule has 1 unspecified atom stereocenters. The molecule has 2 fully saturated rings. The number of thiazole rings is 1. The van der Waals surface area contributed by atoms with Gasteiger partial charge in [-0.1, -0.05) is 25.7 Å². The number of ketones is 1. The van der Waals surface area contributed by atoms with E-state index in [0.29, 0.717) is 30.9 Å². The molecule has 1 aliphatic carbocycles. The molecule has 2 amide bonds. The average Bonchev–Trinajstić information content (AvgIpc) is 2.97. The van der Waals surface area contributed by atoms with E-state index in [9.17, 15) is 14.4 Å². The highest BCUT2D eigenvalue weighted by molar-refractivity contribution is 7.07. The number of hydrogen-bond acceptors (Lipinski definition) is 6. The molecule has 3 rings (SSSR count). The summed E-state index contributed by atoms with van der Waals surface area (Å²) in [5.41, 5.74) is 2.35. The van der Waals surface area contributed by atoms with Crippen molar-refractivity contribution in [3.8, 4) is 0 Å². The zero-order chi connectivity index (χ0) is 20.6. The van der Waals surface area contributed by atoms with Crippen molar-refractivity contribution < 1.29 is 19.1 Å². The van der Waals surface area contributed by atoms with Crippen molar-refractivity contribution in [1.29, 1.82) is 0 Å². The van der Waals surface area contributed by atoms with Crippen LogP contribution in [0.1, 0.15) is 51.4 Å². The first-order chi connectivity index (χ1) is 14.1. The lowest BCUT2D eigenvalue weighted by Gasteiger charge is -2.30. The molecule has 160 valence electrons. The summed E-state index contributed by atoms with van der Waals surface area (Å²) in [5.74, 6) is -1.72. The van der Waals surface area contributed by atoms with E-state index in [1.165, 1.54) is 11.3 Å². The van der Waals surface area contributed by atoms with Crippen LogP contribution in [0.15, 0.2) is 16.7 Å². The molecule has 1 aromatic rings. The lowest BCUT2D eigenvalue weighted by Crippen LogP contribution is -2.53. The minimum atomic E-state index is -0.832. The second-order valence-corrected chi connectivity index (χ2v) is 8.71. The van der Waals surface area contributed by atoms with Gasteiger partial charge in [-0.25, -0.2) is 5.43 Å². The van der Waals surface area contributed by atoms with Gasteiger partial charge in [-0.05, 0) is 31.6 Å². The summed E-state index contributed by atoms with van der Waals surface area (Å²) in [6.45, 7) is 1.07. The summed E-state index contributed by atoms with van der Waals surface area (Å²) in [6.07, 6.45) is 9.16. The summed E-state index contributed by atoms with van der Waals surface area (Å²) >= 11 is 1.36. The van der Waals surface area contributed by atoms with Gasteiger partial charge in [0.1, 0.15) is 6.04 Å². The molecule has 0 aromatic carbocycles. The Labute approximate surface area is 174 Å². The highest BCUT2D eigenvalue weighted by Crippen LogP contribution is 2.25. The van der Waals surface area contributed by atoms with E-state index in [4.69, 9.17) is 4.74 Å². The van der Waals surface area contributed by atoms with Crippen LogP contribution in [0.4, 0.5) is 0 Å². The summed E-state index contributed by atoms with van der Waals surface area (Å²) in [4.78, 5) is 38.9. The van der Waals surface area contributed by atoms with Crippen molar-refractivity contribution in [2.45, 2.75) is 57.4 Å². The van der Waals surface area contributed by atoms with Gasteiger partial charge < -0.3 is 14.6 Å². The van der Waals surface area contributed by atoms with Crippen molar-refractivity contribution >= 4 is 28.9 Å². The number of nitrogens with zero attached hydrogens (tertiary/aromatic N) is 2. The third-order valence-electron chi connectivity index (χ3n) is 5.78. The number of aromatic nitrogens is 1. The number of carbonyl (C=O) groups excluding carboxylic acids is 3. The number of rotatable bonds is 6. The first kappa shape index (κ1) is 21.7. The zero-order valence-corrected chi connectivity index (χ0v) is 17.7. The van der Waals surface area contributed by atoms with Crippen LogP contribution in [0, 0.1) is 11.8 Å². The van der Waals surface area contributed by atoms with Crippen LogP contribution >= 0.6 is 11.3 Å². The molecule has 2 N–H and O–H groups in total. The molecule has 9 heteroatoms. The Hall–Kier alpha value is -2.00. The molecule has 2 aliphatic rings. The molecule has 8 nitrogen and oxygen atoms in total. The average molecular weight is 423 g/mol. The third kappa shape index (κ3) is 5.99. The molecular formula is C20H30N4O4S. The van der Waals surface area contributed by atoms with Gasteiger partial charge in [-0.15, -0.1) is 16.4 Å². The van der Waals surface area contributed by atoms with Crippen molar-refractivity contribution in [1.82, 2.24) is 15.3 Å². The van der Waals surface area contributed by atoms with Crippen molar-refractivity contribution in [2.75, 3.05) is 13.2 Å². The number of carbonyl (C=O) groups is 3. The van der Waals surface area contributed by atoms with E-state index in [1.54, 1.807) is 11.6 Å². The molecule has 1 saturated carbocycles. The van der Waals surface area contributed by atoms with E-state index in [2.05, 4.69) is 15.8 Å².